The maximum Gasteiger partial charge on any atom is 0.280 e. The van der Waals surface area contributed by atoms with E-state index in [9.17, 15) is 4.79 Å². The third kappa shape index (κ3) is 2.03. The molecule has 0 aliphatic heterocycles. The van der Waals surface area contributed by atoms with Gasteiger partial charge in [0.2, 0.25) is 0 Å². The number of hydrogen-bond donors (Lipinski definition) is 0. The fraction of sp³-hybridized carbons (Fsp3) is 0.176. The number of hydrogen-bond acceptors (Lipinski definition) is 4. The zero-order chi connectivity index (χ0) is 16.0. The fourth-order valence-electron chi connectivity index (χ4n) is 2.73. The summed E-state index contributed by atoms with van der Waals surface area (Å²) in [5, 5.41) is 12.8. The smallest absolute Gasteiger partial charge is 0.280 e. The summed E-state index contributed by atoms with van der Waals surface area (Å²) in [6.45, 7) is 3.92. The van der Waals surface area contributed by atoms with Crippen LogP contribution in [0, 0.1) is 0 Å². The standard InChI is InChI=1S/C17H15N5O/c1-11(2)21-9-8-14-15(17(21)23)19-20-16-13(10-18-22(14)16)12-6-4-3-5-7-12/h3-11H,1-2H3. The number of nitrogens with zero attached hydrogens (tertiary/aromatic N) is 5. The lowest BCUT2D eigenvalue weighted by molar-refractivity contribution is 0.581. The molecule has 0 saturated heterocycles. The maximum atomic E-state index is 12.5. The number of aromatic nitrogens is 5. The zero-order valence-electron chi connectivity index (χ0n) is 12.8. The van der Waals surface area contributed by atoms with Gasteiger partial charge in [0.15, 0.2) is 11.2 Å². The Balaban J connectivity index is 2.03. The van der Waals surface area contributed by atoms with E-state index in [2.05, 4.69) is 15.3 Å². The zero-order valence-corrected chi connectivity index (χ0v) is 12.8. The van der Waals surface area contributed by atoms with E-state index in [1.807, 2.05) is 50.2 Å². The van der Waals surface area contributed by atoms with Gasteiger partial charge in [-0.15, -0.1) is 10.2 Å². The normalized spacial score (nSPS) is 11.6. The molecule has 0 bridgehead atoms. The second-order valence-corrected chi connectivity index (χ2v) is 5.72. The van der Waals surface area contributed by atoms with E-state index in [1.54, 1.807) is 21.5 Å². The summed E-state index contributed by atoms with van der Waals surface area (Å²) < 4.78 is 3.32. The Morgan fingerprint density at radius 2 is 1.83 bits per heavy atom. The first-order valence-corrected chi connectivity index (χ1v) is 7.47. The van der Waals surface area contributed by atoms with Crippen LogP contribution in [0.5, 0.6) is 0 Å². The molecule has 6 heteroatoms. The first-order valence-electron chi connectivity index (χ1n) is 7.47. The molecule has 3 heterocycles. The lowest BCUT2D eigenvalue weighted by Gasteiger charge is -2.10. The highest BCUT2D eigenvalue weighted by Crippen LogP contribution is 2.23. The minimum absolute atomic E-state index is 0.0712. The Hall–Kier alpha value is -3.02. The Morgan fingerprint density at radius 3 is 2.57 bits per heavy atom. The van der Waals surface area contributed by atoms with Gasteiger partial charge in [0.1, 0.15) is 5.52 Å². The molecule has 0 N–H and O–H groups in total. The Bertz CT molecular complexity index is 1060. The largest absolute Gasteiger partial charge is 0.311 e. The van der Waals surface area contributed by atoms with Crippen molar-refractivity contribution in [2.75, 3.05) is 0 Å². The molecular formula is C17H15N5O. The van der Waals surface area contributed by atoms with Gasteiger partial charge in [0.05, 0.1) is 6.20 Å². The van der Waals surface area contributed by atoms with E-state index in [0.717, 1.165) is 11.1 Å². The molecule has 0 aliphatic carbocycles. The monoisotopic (exact) mass is 305 g/mol. The molecule has 4 aromatic rings. The average molecular weight is 305 g/mol. The van der Waals surface area contributed by atoms with Gasteiger partial charge in [-0.05, 0) is 25.5 Å². The highest BCUT2D eigenvalue weighted by atomic mass is 16.1. The Labute approximate surface area is 132 Å². The van der Waals surface area contributed by atoms with Gasteiger partial charge in [0, 0.05) is 17.8 Å². The SMILES string of the molecule is CC(C)n1ccc2c(nnc3c(-c4ccccc4)cnn32)c1=O. The van der Waals surface area contributed by atoms with Crippen LogP contribution in [0.3, 0.4) is 0 Å². The molecular weight excluding hydrogens is 290 g/mol. The highest BCUT2D eigenvalue weighted by Gasteiger charge is 2.14. The van der Waals surface area contributed by atoms with Crippen LogP contribution in [0.15, 0.2) is 53.6 Å². The van der Waals surface area contributed by atoms with Crippen LogP contribution in [-0.4, -0.2) is 24.4 Å². The summed E-state index contributed by atoms with van der Waals surface area (Å²) in [6.07, 6.45) is 3.53. The van der Waals surface area contributed by atoms with Crippen molar-refractivity contribution < 1.29 is 0 Å². The molecule has 1 aromatic carbocycles. The van der Waals surface area contributed by atoms with Gasteiger partial charge in [-0.2, -0.15) is 5.10 Å². The summed E-state index contributed by atoms with van der Waals surface area (Å²) in [5.74, 6) is 0. The minimum atomic E-state index is -0.149. The third-order valence-electron chi connectivity index (χ3n) is 3.93. The molecule has 0 atom stereocenters. The summed E-state index contributed by atoms with van der Waals surface area (Å²) in [6, 6.07) is 11.8. The van der Waals surface area contributed by atoms with E-state index in [1.165, 1.54) is 0 Å². The van der Waals surface area contributed by atoms with E-state index < -0.39 is 0 Å². The molecule has 0 saturated carbocycles. The van der Waals surface area contributed by atoms with E-state index in [4.69, 9.17) is 0 Å². The summed E-state index contributed by atoms with van der Waals surface area (Å²) in [4.78, 5) is 12.5. The van der Waals surface area contributed by atoms with Crippen LogP contribution >= 0.6 is 0 Å². The maximum absolute atomic E-state index is 12.5. The highest BCUT2D eigenvalue weighted by molar-refractivity contribution is 5.82. The van der Waals surface area contributed by atoms with Crippen LogP contribution < -0.4 is 5.56 Å². The number of benzene rings is 1. The van der Waals surface area contributed by atoms with Crippen molar-refractivity contribution in [3.63, 3.8) is 0 Å². The lowest BCUT2D eigenvalue weighted by Crippen LogP contribution is -2.23. The van der Waals surface area contributed by atoms with Crippen LogP contribution in [0.4, 0.5) is 0 Å². The quantitative estimate of drug-likeness (QED) is 0.571. The molecule has 0 amide bonds. The van der Waals surface area contributed by atoms with Crippen LogP contribution in [0.1, 0.15) is 19.9 Å². The van der Waals surface area contributed by atoms with E-state index in [-0.39, 0.29) is 11.6 Å². The van der Waals surface area contributed by atoms with Crippen molar-refractivity contribution in [1.29, 1.82) is 0 Å². The van der Waals surface area contributed by atoms with Crippen molar-refractivity contribution in [2.45, 2.75) is 19.9 Å². The summed E-state index contributed by atoms with van der Waals surface area (Å²) in [5.41, 5.74) is 3.41. The van der Waals surface area contributed by atoms with Gasteiger partial charge in [-0.25, -0.2) is 4.52 Å². The second-order valence-electron chi connectivity index (χ2n) is 5.72. The fourth-order valence-corrected chi connectivity index (χ4v) is 2.73. The molecule has 114 valence electrons. The molecule has 0 unspecified atom stereocenters. The van der Waals surface area contributed by atoms with Crippen molar-refractivity contribution in [2.24, 2.45) is 0 Å². The predicted octanol–water partition coefficient (Wildman–Crippen LogP) is 2.69. The molecule has 23 heavy (non-hydrogen) atoms. The first-order chi connectivity index (χ1) is 11.2. The average Bonchev–Trinajstić information content (AvgIpc) is 3.00. The molecule has 4 rings (SSSR count). The molecule has 3 aromatic heterocycles. The first kappa shape index (κ1) is 13.6. The van der Waals surface area contributed by atoms with E-state index in [0.29, 0.717) is 16.7 Å². The second kappa shape index (κ2) is 5.01. The number of fused-ring (bicyclic) bond motifs is 3. The number of pyridine rings is 1. The van der Waals surface area contributed by atoms with Gasteiger partial charge < -0.3 is 4.57 Å². The van der Waals surface area contributed by atoms with Gasteiger partial charge >= 0.3 is 0 Å². The van der Waals surface area contributed by atoms with E-state index >= 15 is 0 Å². The van der Waals surface area contributed by atoms with Crippen molar-refractivity contribution in [1.82, 2.24) is 24.4 Å². The molecule has 0 radical (unpaired) electrons. The number of rotatable bonds is 2. The van der Waals surface area contributed by atoms with Crippen LogP contribution in [0.25, 0.3) is 27.8 Å². The van der Waals surface area contributed by atoms with Crippen LogP contribution in [-0.2, 0) is 0 Å². The Kier molecular flexibility index (Phi) is 2.97. The topological polar surface area (TPSA) is 65.1 Å². The molecule has 0 spiro atoms. The third-order valence-corrected chi connectivity index (χ3v) is 3.93. The predicted molar refractivity (Wildman–Crippen MR) is 88.4 cm³/mol. The van der Waals surface area contributed by atoms with Crippen molar-refractivity contribution in [3.8, 4) is 11.1 Å². The molecule has 0 aliphatic rings. The summed E-state index contributed by atoms with van der Waals surface area (Å²) in [7, 11) is 0. The van der Waals surface area contributed by atoms with Crippen LogP contribution in [0.2, 0.25) is 0 Å². The van der Waals surface area contributed by atoms with Gasteiger partial charge in [0.25, 0.3) is 5.56 Å². The van der Waals surface area contributed by atoms with Gasteiger partial charge in [-0.3, -0.25) is 4.79 Å². The Morgan fingerprint density at radius 1 is 1.04 bits per heavy atom. The minimum Gasteiger partial charge on any atom is -0.311 e. The molecule has 0 fully saturated rings. The van der Waals surface area contributed by atoms with Crippen molar-refractivity contribution >= 4 is 16.7 Å². The lowest BCUT2D eigenvalue weighted by atomic mass is 10.1. The van der Waals surface area contributed by atoms with Crippen molar-refractivity contribution in [3.05, 3.63) is 59.1 Å². The summed E-state index contributed by atoms with van der Waals surface area (Å²) >= 11 is 0. The van der Waals surface area contributed by atoms with Gasteiger partial charge in [-0.1, -0.05) is 30.3 Å². The molecule has 6 nitrogen and oxygen atoms in total.